The monoisotopic (exact) mass is 294 g/mol. The predicted octanol–water partition coefficient (Wildman–Crippen LogP) is 1.68. The number of rotatable bonds is 8. The first kappa shape index (κ1) is 14.8. The van der Waals surface area contributed by atoms with Gasteiger partial charge in [0.25, 0.3) is 0 Å². The van der Waals surface area contributed by atoms with Crippen molar-refractivity contribution in [3.05, 3.63) is 30.1 Å². The van der Waals surface area contributed by atoms with Crippen LogP contribution in [-0.4, -0.2) is 33.8 Å². The van der Waals surface area contributed by atoms with Crippen LogP contribution in [0.4, 0.5) is 0 Å². The standard InChI is InChI=1S/C14H18N2O3S/c17-13(9-20-8-10-2-1-5-15-7-10)16-12(6-14(18)19)11-3-4-11/h1-2,5,7,11-12H,3-4,6,8-9H2,(H,16,17)(H,18,19). The molecule has 1 aliphatic carbocycles. The molecular formula is C14H18N2O3S. The highest BCUT2D eigenvalue weighted by Gasteiger charge is 2.33. The van der Waals surface area contributed by atoms with E-state index in [1.54, 1.807) is 12.4 Å². The minimum Gasteiger partial charge on any atom is -0.481 e. The van der Waals surface area contributed by atoms with E-state index in [9.17, 15) is 9.59 Å². The van der Waals surface area contributed by atoms with E-state index in [1.165, 1.54) is 11.8 Å². The number of carboxylic acid groups (broad SMARTS) is 1. The zero-order valence-electron chi connectivity index (χ0n) is 11.1. The Morgan fingerprint density at radius 3 is 2.90 bits per heavy atom. The highest BCUT2D eigenvalue weighted by Crippen LogP contribution is 2.34. The lowest BCUT2D eigenvalue weighted by molar-refractivity contribution is -0.137. The molecule has 1 aromatic rings. The van der Waals surface area contributed by atoms with Gasteiger partial charge in [0.2, 0.25) is 5.91 Å². The number of hydrogen-bond acceptors (Lipinski definition) is 4. The largest absolute Gasteiger partial charge is 0.481 e. The maximum absolute atomic E-state index is 11.8. The van der Waals surface area contributed by atoms with E-state index in [-0.39, 0.29) is 18.4 Å². The van der Waals surface area contributed by atoms with Crippen molar-refractivity contribution in [2.45, 2.75) is 31.1 Å². The molecule has 0 spiro atoms. The first-order valence-electron chi connectivity index (χ1n) is 6.63. The van der Waals surface area contributed by atoms with Crippen molar-refractivity contribution in [3.63, 3.8) is 0 Å². The van der Waals surface area contributed by atoms with Crippen LogP contribution in [0.3, 0.4) is 0 Å². The number of aliphatic carboxylic acids is 1. The lowest BCUT2D eigenvalue weighted by atomic mass is 10.1. The molecule has 6 heteroatoms. The summed E-state index contributed by atoms with van der Waals surface area (Å²) in [5.74, 6) is 0.479. The molecule has 0 saturated heterocycles. The topological polar surface area (TPSA) is 79.3 Å². The highest BCUT2D eigenvalue weighted by molar-refractivity contribution is 7.99. The molecule has 1 unspecified atom stereocenters. The van der Waals surface area contributed by atoms with Gasteiger partial charge in [-0.15, -0.1) is 11.8 Å². The van der Waals surface area contributed by atoms with Crippen molar-refractivity contribution in [1.82, 2.24) is 10.3 Å². The molecule has 1 heterocycles. The van der Waals surface area contributed by atoms with E-state index in [1.807, 2.05) is 12.1 Å². The Kier molecular flexibility index (Phi) is 5.40. The van der Waals surface area contributed by atoms with E-state index in [4.69, 9.17) is 5.11 Å². The van der Waals surface area contributed by atoms with Gasteiger partial charge in [-0.3, -0.25) is 14.6 Å². The molecule has 20 heavy (non-hydrogen) atoms. The molecule has 1 fully saturated rings. The molecule has 1 aliphatic rings. The quantitative estimate of drug-likeness (QED) is 0.762. The van der Waals surface area contributed by atoms with E-state index in [0.29, 0.717) is 11.7 Å². The molecule has 2 rings (SSSR count). The zero-order chi connectivity index (χ0) is 14.4. The molecule has 0 aliphatic heterocycles. The number of hydrogen-bond donors (Lipinski definition) is 2. The molecule has 0 aromatic carbocycles. The van der Waals surface area contributed by atoms with Crippen LogP contribution in [0.1, 0.15) is 24.8 Å². The maximum Gasteiger partial charge on any atom is 0.305 e. The SMILES string of the molecule is O=C(O)CC(NC(=O)CSCc1cccnc1)C1CC1. The second kappa shape index (κ2) is 7.28. The van der Waals surface area contributed by atoms with Crippen molar-refractivity contribution in [3.8, 4) is 0 Å². The van der Waals surface area contributed by atoms with E-state index >= 15 is 0 Å². The Hall–Kier alpha value is -1.56. The van der Waals surface area contributed by atoms with Crippen molar-refractivity contribution in [2.24, 2.45) is 5.92 Å². The molecule has 1 amide bonds. The fourth-order valence-corrected chi connectivity index (χ4v) is 2.79. The van der Waals surface area contributed by atoms with E-state index in [2.05, 4.69) is 10.3 Å². The van der Waals surface area contributed by atoms with Crippen LogP contribution in [-0.2, 0) is 15.3 Å². The molecule has 2 N–H and O–H groups in total. The summed E-state index contributed by atoms with van der Waals surface area (Å²) in [6.07, 6.45) is 5.54. The smallest absolute Gasteiger partial charge is 0.305 e. The first-order valence-corrected chi connectivity index (χ1v) is 7.78. The number of pyridine rings is 1. The Bertz CT molecular complexity index is 463. The van der Waals surface area contributed by atoms with Gasteiger partial charge in [0, 0.05) is 24.2 Å². The Morgan fingerprint density at radius 2 is 2.30 bits per heavy atom. The Balaban J connectivity index is 1.70. The number of amides is 1. The summed E-state index contributed by atoms with van der Waals surface area (Å²) in [5.41, 5.74) is 1.08. The van der Waals surface area contributed by atoms with Gasteiger partial charge >= 0.3 is 5.97 Å². The number of carbonyl (C=O) groups is 2. The van der Waals surface area contributed by atoms with Gasteiger partial charge in [0.05, 0.1) is 12.2 Å². The van der Waals surface area contributed by atoms with Crippen LogP contribution in [0.5, 0.6) is 0 Å². The number of nitrogens with zero attached hydrogens (tertiary/aromatic N) is 1. The van der Waals surface area contributed by atoms with Crippen molar-refractivity contribution < 1.29 is 14.7 Å². The average molecular weight is 294 g/mol. The molecule has 0 radical (unpaired) electrons. The van der Waals surface area contributed by atoms with Crippen molar-refractivity contribution in [1.29, 1.82) is 0 Å². The van der Waals surface area contributed by atoms with Crippen LogP contribution in [0.15, 0.2) is 24.5 Å². The summed E-state index contributed by atoms with van der Waals surface area (Å²) in [4.78, 5) is 26.6. The highest BCUT2D eigenvalue weighted by atomic mass is 32.2. The van der Waals surface area contributed by atoms with Crippen LogP contribution in [0.2, 0.25) is 0 Å². The number of carboxylic acids is 1. The third-order valence-electron chi connectivity index (χ3n) is 3.16. The van der Waals surface area contributed by atoms with Crippen molar-refractivity contribution in [2.75, 3.05) is 5.75 Å². The lowest BCUT2D eigenvalue weighted by Gasteiger charge is -2.15. The van der Waals surface area contributed by atoms with Gasteiger partial charge in [-0.2, -0.15) is 0 Å². The summed E-state index contributed by atoms with van der Waals surface area (Å²) in [6, 6.07) is 3.63. The Morgan fingerprint density at radius 1 is 1.50 bits per heavy atom. The van der Waals surface area contributed by atoms with Crippen molar-refractivity contribution >= 4 is 23.6 Å². The van der Waals surface area contributed by atoms with Gasteiger partial charge in [-0.1, -0.05) is 6.07 Å². The molecule has 5 nitrogen and oxygen atoms in total. The number of carbonyl (C=O) groups excluding carboxylic acids is 1. The molecule has 1 aromatic heterocycles. The molecular weight excluding hydrogens is 276 g/mol. The van der Waals surface area contributed by atoms with Gasteiger partial charge in [0.1, 0.15) is 0 Å². The Labute approximate surface area is 122 Å². The van der Waals surface area contributed by atoms with Crippen LogP contribution in [0, 0.1) is 5.92 Å². The van der Waals surface area contributed by atoms with E-state index < -0.39 is 5.97 Å². The fourth-order valence-electron chi connectivity index (χ4n) is 2.02. The second-order valence-corrected chi connectivity index (χ2v) is 5.95. The second-order valence-electron chi connectivity index (χ2n) is 4.96. The summed E-state index contributed by atoms with van der Waals surface area (Å²) in [5, 5.41) is 11.7. The third-order valence-corrected chi connectivity index (χ3v) is 4.16. The molecule has 1 atom stereocenters. The predicted molar refractivity (Wildman–Crippen MR) is 77.3 cm³/mol. The normalized spacial score (nSPS) is 15.6. The summed E-state index contributed by atoms with van der Waals surface area (Å²) in [7, 11) is 0. The third kappa shape index (κ3) is 5.21. The minimum atomic E-state index is -0.856. The summed E-state index contributed by atoms with van der Waals surface area (Å²) >= 11 is 1.51. The fraction of sp³-hybridized carbons (Fsp3) is 0.500. The minimum absolute atomic E-state index is 0.0175. The maximum atomic E-state index is 11.8. The zero-order valence-corrected chi connectivity index (χ0v) is 11.9. The van der Waals surface area contributed by atoms with Gasteiger partial charge < -0.3 is 10.4 Å². The summed E-state index contributed by atoms with van der Waals surface area (Å²) in [6.45, 7) is 0. The van der Waals surface area contributed by atoms with Crippen LogP contribution < -0.4 is 5.32 Å². The summed E-state index contributed by atoms with van der Waals surface area (Å²) < 4.78 is 0. The van der Waals surface area contributed by atoms with Gasteiger partial charge in [-0.25, -0.2) is 0 Å². The average Bonchev–Trinajstić information content (AvgIpc) is 3.23. The molecule has 0 bridgehead atoms. The number of nitrogens with one attached hydrogen (secondary N) is 1. The number of aromatic nitrogens is 1. The van der Waals surface area contributed by atoms with Crippen LogP contribution in [0.25, 0.3) is 0 Å². The molecule has 1 saturated carbocycles. The number of thioether (sulfide) groups is 1. The van der Waals surface area contributed by atoms with E-state index in [0.717, 1.165) is 24.2 Å². The lowest BCUT2D eigenvalue weighted by Crippen LogP contribution is -2.39. The van der Waals surface area contributed by atoms with Gasteiger partial charge in [-0.05, 0) is 30.4 Å². The van der Waals surface area contributed by atoms with Gasteiger partial charge in [0.15, 0.2) is 0 Å². The first-order chi connectivity index (χ1) is 9.65. The van der Waals surface area contributed by atoms with Crippen LogP contribution >= 0.6 is 11.8 Å². The molecule has 108 valence electrons.